The van der Waals surface area contributed by atoms with Crippen molar-refractivity contribution in [3.63, 3.8) is 0 Å². The number of aromatic nitrogens is 3. The van der Waals surface area contributed by atoms with Gasteiger partial charge in [-0.3, -0.25) is 14.6 Å². The Balaban J connectivity index is 2.11. The maximum absolute atomic E-state index is 13.4. The number of sulfone groups is 1. The Bertz CT molecular complexity index is 1530. The fourth-order valence-electron chi connectivity index (χ4n) is 3.47. The van der Waals surface area contributed by atoms with Gasteiger partial charge in [-0.05, 0) is 43.7 Å². The first kappa shape index (κ1) is 21.0. The number of rotatable bonds is 5. The van der Waals surface area contributed by atoms with Gasteiger partial charge in [0.2, 0.25) is 9.84 Å². The third-order valence-electron chi connectivity index (χ3n) is 5.16. The predicted molar refractivity (Wildman–Crippen MR) is 116 cm³/mol. The average molecular weight is 439 g/mol. The van der Waals surface area contributed by atoms with Crippen LogP contribution >= 0.6 is 0 Å². The summed E-state index contributed by atoms with van der Waals surface area (Å²) in [4.78, 5) is 17.6. The Morgan fingerprint density at radius 1 is 1.06 bits per heavy atom. The number of hydrogen-bond donors (Lipinski definition) is 1. The summed E-state index contributed by atoms with van der Waals surface area (Å²) in [6, 6.07) is 11.2. The van der Waals surface area contributed by atoms with Crippen molar-refractivity contribution in [2.75, 3.05) is 13.7 Å². The first-order valence-electron chi connectivity index (χ1n) is 9.66. The van der Waals surface area contributed by atoms with Crippen LogP contribution in [0.3, 0.4) is 0 Å². The van der Waals surface area contributed by atoms with E-state index in [-0.39, 0.29) is 39.5 Å². The van der Waals surface area contributed by atoms with Crippen molar-refractivity contribution >= 4 is 26.5 Å². The molecule has 3 heterocycles. The topological polar surface area (TPSA) is 107 Å². The molecule has 160 valence electrons. The van der Waals surface area contributed by atoms with Crippen molar-refractivity contribution in [2.45, 2.75) is 30.2 Å². The molecule has 0 saturated heterocycles. The molecule has 4 rings (SSSR count). The molecule has 0 atom stereocenters. The van der Waals surface area contributed by atoms with Crippen LogP contribution in [0.5, 0.6) is 0 Å². The first-order chi connectivity index (χ1) is 14.7. The van der Waals surface area contributed by atoms with Gasteiger partial charge in [-0.2, -0.15) is 0 Å². The molecule has 0 radical (unpaired) electrons. The van der Waals surface area contributed by atoms with E-state index in [4.69, 9.17) is 10.1 Å². The van der Waals surface area contributed by atoms with Gasteiger partial charge < -0.3 is 9.30 Å². The molecule has 0 aliphatic rings. The summed E-state index contributed by atoms with van der Waals surface area (Å²) in [6.45, 7) is 4.13. The van der Waals surface area contributed by atoms with Crippen molar-refractivity contribution in [1.82, 2.24) is 14.0 Å². The second-order valence-corrected chi connectivity index (χ2v) is 9.33. The lowest BCUT2D eigenvalue weighted by Gasteiger charge is -2.15. The van der Waals surface area contributed by atoms with E-state index in [1.807, 2.05) is 19.9 Å². The number of aryl methyl sites for hydroxylation is 2. The Morgan fingerprint density at radius 2 is 1.74 bits per heavy atom. The van der Waals surface area contributed by atoms with Gasteiger partial charge in [-0.15, -0.1) is 0 Å². The van der Waals surface area contributed by atoms with Crippen LogP contribution in [0.1, 0.15) is 11.1 Å². The molecule has 0 unspecified atom stereocenters. The van der Waals surface area contributed by atoms with Gasteiger partial charge in [-0.1, -0.05) is 23.8 Å². The highest BCUT2D eigenvalue weighted by Crippen LogP contribution is 2.21. The zero-order valence-electron chi connectivity index (χ0n) is 17.4. The van der Waals surface area contributed by atoms with Gasteiger partial charge in [0.15, 0.2) is 0 Å². The zero-order chi connectivity index (χ0) is 22.3. The summed E-state index contributed by atoms with van der Waals surface area (Å²) in [5.74, 6) is 0. The number of pyridine rings is 2. The van der Waals surface area contributed by atoms with Gasteiger partial charge in [-0.25, -0.2) is 13.4 Å². The van der Waals surface area contributed by atoms with Crippen LogP contribution < -0.4 is 11.0 Å². The van der Waals surface area contributed by atoms with E-state index >= 15 is 0 Å². The smallest absolute Gasteiger partial charge is 0.267 e. The van der Waals surface area contributed by atoms with Crippen LogP contribution in [-0.2, 0) is 21.1 Å². The molecule has 8 nitrogen and oxygen atoms in total. The van der Waals surface area contributed by atoms with Gasteiger partial charge in [0, 0.05) is 19.9 Å². The fraction of sp³-hybridized carbons (Fsp3) is 0.227. The number of hydrogen-bond acceptors (Lipinski definition) is 6. The third-order valence-corrected chi connectivity index (χ3v) is 6.94. The van der Waals surface area contributed by atoms with Crippen LogP contribution in [-0.4, -0.2) is 36.1 Å². The van der Waals surface area contributed by atoms with E-state index in [9.17, 15) is 13.2 Å². The largest absolute Gasteiger partial charge is 0.383 e. The summed E-state index contributed by atoms with van der Waals surface area (Å²) in [5.41, 5.74) is 1.82. The molecule has 0 fully saturated rings. The van der Waals surface area contributed by atoms with Gasteiger partial charge in [0.1, 0.15) is 21.7 Å². The number of fused-ring (bicyclic) bond motifs is 2. The maximum Gasteiger partial charge on any atom is 0.267 e. The minimum atomic E-state index is -4.03. The Hall–Kier alpha value is -3.30. The zero-order valence-corrected chi connectivity index (χ0v) is 18.2. The lowest BCUT2D eigenvalue weighted by Crippen LogP contribution is -2.31. The van der Waals surface area contributed by atoms with E-state index in [2.05, 4.69) is 4.98 Å². The Labute approximate surface area is 178 Å². The number of methoxy groups -OCH3 is 1. The van der Waals surface area contributed by atoms with E-state index in [1.165, 1.54) is 34.3 Å². The van der Waals surface area contributed by atoms with Crippen molar-refractivity contribution in [1.29, 1.82) is 5.41 Å². The highest BCUT2D eigenvalue weighted by molar-refractivity contribution is 7.91. The monoisotopic (exact) mass is 438 g/mol. The van der Waals surface area contributed by atoms with Crippen LogP contribution in [0.4, 0.5) is 0 Å². The summed E-state index contributed by atoms with van der Waals surface area (Å²) >= 11 is 0. The van der Waals surface area contributed by atoms with Gasteiger partial charge >= 0.3 is 0 Å². The van der Waals surface area contributed by atoms with Crippen molar-refractivity contribution in [3.05, 3.63) is 75.6 Å². The molecule has 31 heavy (non-hydrogen) atoms. The molecule has 0 saturated carbocycles. The predicted octanol–water partition coefficient (Wildman–Crippen LogP) is 2.22. The summed E-state index contributed by atoms with van der Waals surface area (Å²) in [5, 5.41) is 8.77. The van der Waals surface area contributed by atoms with Crippen LogP contribution in [0.15, 0.2) is 63.2 Å². The van der Waals surface area contributed by atoms with Crippen LogP contribution in [0, 0.1) is 19.3 Å². The van der Waals surface area contributed by atoms with Crippen LogP contribution in [0.25, 0.3) is 16.7 Å². The normalized spacial score (nSPS) is 12.0. The molecular formula is C22H22N4O4S. The average Bonchev–Trinajstić information content (AvgIpc) is 2.74. The number of ether oxygens (including phenoxy) is 1. The molecule has 0 spiro atoms. The summed E-state index contributed by atoms with van der Waals surface area (Å²) in [6.07, 6.45) is 1.66. The number of nitrogens with one attached hydrogen (secondary N) is 1. The van der Waals surface area contributed by atoms with E-state index in [0.29, 0.717) is 5.65 Å². The second-order valence-electron chi connectivity index (χ2n) is 7.41. The Kier molecular flexibility index (Phi) is 5.24. The second kappa shape index (κ2) is 7.75. The molecule has 4 aromatic rings. The number of nitrogens with zero attached hydrogens (tertiary/aromatic N) is 3. The number of benzene rings is 1. The first-order valence-corrected chi connectivity index (χ1v) is 11.1. The molecule has 9 heteroatoms. The lowest BCUT2D eigenvalue weighted by atomic mass is 10.2. The third kappa shape index (κ3) is 3.55. The standard InChI is InChI=1S/C22H22N4O4S/c1-14-4-7-16(8-5-14)31(28,29)18-12-17-21(25(20(18)23)10-11-30-3)24-19-9-6-15(2)13-26(19)22(17)27/h4-9,12-13,23H,10-11H2,1-3H3. The molecule has 1 N–H and O–H groups in total. The van der Waals surface area contributed by atoms with Crippen molar-refractivity contribution in [3.8, 4) is 0 Å². The highest BCUT2D eigenvalue weighted by Gasteiger charge is 2.24. The minimum absolute atomic E-state index is 0.0638. The van der Waals surface area contributed by atoms with E-state index in [0.717, 1.165) is 11.1 Å². The molecule has 0 bridgehead atoms. The Morgan fingerprint density at radius 3 is 2.42 bits per heavy atom. The molecule has 0 aliphatic heterocycles. The van der Waals surface area contributed by atoms with Gasteiger partial charge in [0.05, 0.1) is 16.9 Å². The van der Waals surface area contributed by atoms with E-state index in [1.54, 1.807) is 24.4 Å². The molecule has 0 aliphatic carbocycles. The molecular weight excluding hydrogens is 416 g/mol. The molecule has 0 amide bonds. The molecule has 3 aromatic heterocycles. The summed E-state index contributed by atoms with van der Waals surface area (Å²) in [7, 11) is -2.52. The van der Waals surface area contributed by atoms with Gasteiger partial charge in [0.25, 0.3) is 5.56 Å². The summed E-state index contributed by atoms with van der Waals surface area (Å²) < 4.78 is 34.7. The van der Waals surface area contributed by atoms with Crippen molar-refractivity contribution < 1.29 is 13.2 Å². The quantitative estimate of drug-likeness (QED) is 0.481. The van der Waals surface area contributed by atoms with Crippen molar-refractivity contribution in [2.24, 2.45) is 0 Å². The van der Waals surface area contributed by atoms with Crippen LogP contribution in [0.2, 0.25) is 0 Å². The van der Waals surface area contributed by atoms with E-state index < -0.39 is 15.4 Å². The SMILES string of the molecule is COCCn1c(=N)c(S(=O)(=O)c2ccc(C)cc2)cc2c(=O)n3cc(C)ccc3nc21. The highest BCUT2D eigenvalue weighted by atomic mass is 32.2. The lowest BCUT2D eigenvalue weighted by molar-refractivity contribution is 0.186. The fourth-order valence-corrected chi connectivity index (χ4v) is 4.85. The minimum Gasteiger partial charge on any atom is -0.383 e. The maximum atomic E-state index is 13.4. The molecule has 1 aromatic carbocycles.